The minimum absolute atomic E-state index is 0.0118. The third-order valence-electron chi connectivity index (χ3n) is 4.23. The van der Waals surface area contributed by atoms with Crippen LogP contribution in [0.15, 0.2) is 41.8 Å². The number of thioether (sulfide) groups is 1. The Kier molecular flexibility index (Phi) is 4.99. The van der Waals surface area contributed by atoms with Gasteiger partial charge in [-0.05, 0) is 31.2 Å². The highest BCUT2D eigenvalue weighted by molar-refractivity contribution is 7.98. The average molecular weight is 330 g/mol. The number of hydrogen-bond donors (Lipinski definition) is 0. The van der Waals surface area contributed by atoms with Crippen LogP contribution in [0.1, 0.15) is 36.5 Å². The monoisotopic (exact) mass is 330 g/mol. The van der Waals surface area contributed by atoms with Gasteiger partial charge in [-0.1, -0.05) is 24.3 Å². The SMILES string of the molecule is CCOC1(OCC)Cc2ccccc2C1c1cncnc1SC. The first-order valence-electron chi connectivity index (χ1n) is 7.95. The van der Waals surface area contributed by atoms with Crippen LogP contribution in [0.4, 0.5) is 0 Å². The molecule has 4 nitrogen and oxygen atoms in total. The van der Waals surface area contributed by atoms with E-state index < -0.39 is 5.79 Å². The molecule has 0 saturated heterocycles. The lowest BCUT2D eigenvalue weighted by Crippen LogP contribution is -2.41. The average Bonchev–Trinajstić information content (AvgIpc) is 2.89. The molecule has 0 radical (unpaired) electrons. The molecule has 0 amide bonds. The van der Waals surface area contributed by atoms with E-state index in [1.807, 2.05) is 26.3 Å². The summed E-state index contributed by atoms with van der Waals surface area (Å²) in [5, 5.41) is 0.977. The molecule has 0 N–H and O–H groups in total. The Morgan fingerprint density at radius 1 is 1.17 bits per heavy atom. The van der Waals surface area contributed by atoms with Crippen LogP contribution in [-0.2, 0) is 15.9 Å². The van der Waals surface area contributed by atoms with Gasteiger partial charge in [-0.15, -0.1) is 11.8 Å². The van der Waals surface area contributed by atoms with Gasteiger partial charge >= 0.3 is 0 Å². The van der Waals surface area contributed by atoms with Crippen LogP contribution in [0.2, 0.25) is 0 Å². The number of hydrogen-bond acceptors (Lipinski definition) is 5. The summed E-state index contributed by atoms with van der Waals surface area (Å²) in [5.74, 6) is -0.690. The maximum Gasteiger partial charge on any atom is 0.183 e. The molecule has 122 valence electrons. The van der Waals surface area contributed by atoms with Gasteiger partial charge in [0.15, 0.2) is 5.79 Å². The lowest BCUT2D eigenvalue weighted by Gasteiger charge is -2.35. The Hall–Kier alpha value is -1.43. The molecule has 0 spiro atoms. The van der Waals surface area contributed by atoms with Crippen molar-refractivity contribution < 1.29 is 9.47 Å². The van der Waals surface area contributed by atoms with Crippen molar-refractivity contribution in [2.24, 2.45) is 0 Å². The first kappa shape index (κ1) is 16.4. The van der Waals surface area contributed by atoms with Gasteiger partial charge in [0.2, 0.25) is 0 Å². The first-order chi connectivity index (χ1) is 11.3. The zero-order valence-electron chi connectivity index (χ0n) is 13.8. The predicted molar refractivity (Wildman–Crippen MR) is 91.8 cm³/mol. The van der Waals surface area contributed by atoms with Crippen molar-refractivity contribution in [2.75, 3.05) is 19.5 Å². The maximum atomic E-state index is 6.19. The van der Waals surface area contributed by atoms with Crippen LogP contribution in [0.25, 0.3) is 0 Å². The number of rotatable bonds is 6. The van der Waals surface area contributed by atoms with Crippen molar-refractivity contribution in [3.05, 3.63) is 53.5 Å². The molecule has 0 aliphatic heterocycles. The Morgan fingerprint density at radius 2 is 1.91 bits per heavy atom. The van der Waals surface area contributed by atoms with E-state index in [0.717, 1.165) is 17.0 Å². The summed E-state index contributed by atoms with van der Waals surface area (Å²) < 4.78 is 12.4. The molecule has 0 bridgehead atoms. The highest BCUT2D eigenvalue weighted by Gasteiger charge is 2.49. The van der Waals surface area contributed by atoms with E-state index in [-0.39, 0.29) is 5.92 Å². The van der Waals surface area contributed by atoms with Crippen molar-refractivity contribution in [2.45, 2.75) is 37.0 Å². The molecule has 23 heavy (non-hydrogen) atoms. The van der Waals surface area contributed by atoms with E-state index in [2.05, 4.69) is 34.2 Å². The van der Waals surface area contributed by atoms with Crippen molar-refractivity contribution in [3.8, 4) is 0 Å². The molecule has 1 atom stereocenters. The summed E-state index contributed by atoms with van der Waals surface area (Å²) in [7, 11) is 0. The molecule has 1 aromatic carbocycles. The van der Waals surface area contributed by atoms with Crippen LogP contribution in [0.3, 0.4) is 0 Å². The van der Waals surface area contributed by atoms with Crippen LogP contribution < -0.4 is 0 Å². The Balaban J connectivity index is 2.18. The van der Waals surface area contributed by atoms with Crippen LogP contribution >= 0.6 is 11.8 Å². The molecule has 5 heteroatoms. The van der Waals surface area contributed by atoms with Crippen molar-refractivity contribution >= 4 is 11.8 Å². The minimum Gasteiger partial charge on any atom is -0.349 e. The molecular weight excluding hydrogens is 308 g/mol. The quantitative estimate of drug-likeness (QED) is 0.459. The minimum atomic E-state index is -0.678. The van der Waals surface area contributed by atoms with Crippen molar-refractivity contribution in [3.63, 3.8) is 0 Å². The Morgan fingerprint density at radius 3 is 2.61 bits per heavy atom. The van der Waals surface area contributed by atoms with Gasteiger partial charge in [-0.3, -0.25) is 0 Å². The van der Waals surface area contributed by atoms with Gasteiger partial charge in [0.05, 0.1) is 5.92 Å². The first-order valence-corrected chi connectivity index (χ1v) is 9.17. The van der Waals surface area contributed by atoms with Gasteiger partial charge in [-0.2, -0.15) is 0 Å². The van der Waals surface area contributed by atoms with Crippen molar-refractivity contribution in [1.29, 1.82) is 0 Å². The summed E-state index contributed by atoms with van der Waals surface area (Å²) in [5.41, 5.74) is 3.60. The second kappa shape index (κ2) is 6.99. The Bertz CT molecular complexity index is 672. The topological polar surface area (TPSA) is 44.2 Å². The molecule has 1 aromatic heterocycles. The molecule has 0 fully saturated rings. The van der Waals surface area contributed by atoms with E-state index in [0.29, 0.717) is 13.2 Å². The van der Waals surface area contributed by atoms with E-state index in [1.165, 1.54) is 11.1 Å². The normalized spacial score (nSPS) is 18.8. The maximum absolute atomic E-state index is 6.19. The van der Waals surface area contributed by atoms with Crippen LogP contribution in [0.5, 0.6) is 0 Å². The van der Waals surface area contributed by atoms with Crippen molar-refractivity contribution in [1.82, 2.24) is 9.97 Å². The molecule has 0 saturated carbocycles. The second-order valence-electron chi connectivity index (χ2n) is 5.47. The molecule has 3 rings (SSSR count). The fourth-order valence-electron chi connectivity index (χ4n) is 3.48. The van der Waals surface area contributed by atoms with Gasteiger partial charge in [0, 0.05) is 31.4 Å². The lowest BCUT2D eigenvalue weighted by molar-refractivity contribution is -0.235. The van der Waals surface area contributed by atoms with Gasteiger partial charge in [0.1, 0.15) is 11.4 Å². The molecule has 1 heterocycles. The Labute approximate surface area is 141 Å². The highest BCUT2D eigenvalue weighted by atomic mass is 32.2. The fourth-order valence-corrected chi connectivity index (χ4v) is 4.04. The van der Waals surface area contributed by atoms with E-state index in [1.54, 1.807) is 18.1 Å². The largest absolute Gasteiger partial charge is 0.349 e. The second-order valence-corrected chi connectivity index (χ2v) is 6.27. The van der Waals surface area contributed by atoms with Gasteiger partial charge < -0.3 is 9.47 Å². The summed E-state index contributed by atoms with van der Waals surface area (Å²) >= 11 is 1.63. The van der Waals surface area contributed by atoms with E-state index in [4.69, 9.17) is 9.47 Å². The predicted octanol–water partition coefficient (Wildman–Crippen LogP) is 3.66. The number of benzene rings is 1. The number of ether oxygens (including phenoxy) is 2. The van der Waals surface area contributed by atoms with Crippen LogP contribution in [0, 0.1) is 0 Å². The standard InChI is InChI=1S/C18H22N2O2S/c1-4-21-18(22-5-2)10-13-8-6-7-9-14(13)16(18)15-11-19-12-20-17(15)23-3/h6-9,11-12,16H,4-5,10H2,1-3H3. The zero-order valence-corrected chi connectivity index (χ0v) is 14.6. The number of fused-ring (bicyclic) bond motifs is 1. The van der Waals surface area contributed by atoms with E-state index in [9.17, 15) is 0 Å². The molecule has 2 aromatic rings. The lowest BCUT2D eigenvalue weighted by atomic mass is 9.91. The number of nitrogens with zero attached hydrogens (tertiary/aromatic N) is 2. The molecule has 1 aliphatic carbocycles. The summed E-state index contributed by atoms with van der Waals surface area (Å²) in [4.78, 5) is 8.70. The third kappa shape index (κ3) is 2.89. The van der Waals surface area contributed by atoms with E-state index >= 15 is 0 Å². The smallest absolute Gasteiger partial charge is 0.183 e. The molecular formula is C18H22N2O2S. The fraction of sp³-hybridized carbons (Fsp3) is 0.444. The summed E-state index contributed by atoms with van der Waals surface area (Å²) in [6, 6.07) is 8.46. The number of aromatic nitrogens is 2. The molecule has 1 unspecified atom stereocenters. The molecule has 1 aliphatic rings. The zero-order chi connectivity index (χ0) is 16.3. The van der Waals surface area contributed by atoms with Crippen LogP contribution in [-0.4, -0.2) is 35.2 Å². The van der Waals surface area contributed by atoms with Gasteiger partial charge in [-0.25, -0.2) is 9.97 Å². The van der Waals surface area contributed by atoms with Gasteiger partial charge in [0.25, 0.3) is 0 Å². The summed E-state index contributed by atoms with van der Waals surface area (Å²) in [6.07, 6.45) is 6.28. The summed E-state index contributed by atoms with van der Waals surface area (Å²) in [6.45, 7) is 5.23. The third-order valence-corrected chi connectivity index (χ3v) is 4.95. The highest BCUT2D eigenvalue weighted by Crippen LogP contribution is 2.49.